The van der Waals surface area contributed by atoms with Crippen LogP contribution in [0.5, 0.6) is 0 Å². The normalized spacial score (nSPS) is 13.2. The zero-order valence-electron chi connectivity index (χ0n) is 26.1. The standard InChI is InChI=1S/C32H66O.H3O4P/c1-5-9-13-17-19-23-27-31(25-21-15-11-7-3)29-33-30-32(26-22-16-12-8-4)28-24-20-18-14-10-6-2;1-5(2,3)4/h31-32H,5-30H2,1-4H3;(H3,1,2,3,4). The minimum atomic E-state index is -4.64. The van der Waals surface area contributed by atoms with Gasteiger partial charge in [-0.25, -0.2) is 4.57 Å². The lowest BCUT2D eigenvalue weighted by molar-refractivity contribution is 0.0587. The molecule has 0 aliphatic rings. The fourth-order valence-corrected chi connectivity index (χ4v) is 5.17. The average molecular weight is 565 g/mol. The lowest BCUT2D eigenvalue weighted by Gasteiger charge is -2.21. The number of ether oxygens (including phenoxy) is 1. The van der Waals surface area contributed by atoms with Gasteiger partial charge in [-0.05, 0) is 37.5 Å². The van der Waals surface area contributed by atoms with Gasteiger partial charge in [-0.2, -0.15) is 0 Å². The first-order chi connectivity index (χ1) is 18.3. The molecule has 0 saturated heterocycles. The van der Waals surface area contributed by atoms with Crippen molar-refractivity contribution in [2.24, 2.45) is 11.8 Å². The molecule has 232 valence electrons. The summed E-state index contributed by atoms with van der Waals surface area (Å²) in [5, 5.41) is 0. The Morgan fingerprint density at radius 1 is 0.447 bits per heavy atom. The van der Waals surface area contributed by atoms with E-state index in [2.05, 4.69) is 27.7 Å². The molecule has 0 spiro atoms. The second-order valence-corrected chi connectivity index (χ2v) is 12.6. The molecule has 0 aromatic rings. The van der Waals surface area contributed by atoms with Crippen LogP contribution in [0.15, 0.2) is 0 Å². The molecule has 0 aliphatic carbocycles. The predicted octanol–water partition coefficient (Wildman–Crippen LogP) is 10.7. The van der Waals surface area contributed by atoms with Gasteiger partial charge in [0.2, 0.25) is 0 Å². The Hall–Kier alpha value is 0.0700. The van der Waals surface area contributed by atoms with Gasteiger partial charge < -0.3 is 19.4 Å². The van der Waals surface area contributed by atoms with E-state index in [0.29, 0.717) is 0 Å². The van der Waals surface area contributed by atoms with E-state index < -0.39 is 7.82 Å². The van der Waals surface area contributed by atoms with E-state index in [9.17, 15) is 0 Å². The van der Waals surface area contributed by atoms with Crippen molar-refractivity contribution in [3.05, 3.63) is 0 Å². The molecule has 0 amide bonds. The molecule has 0 radical (unpaired) electrons. The molecule has 2 atom stereocenters. The zero-order chi connectivity index (χ0) is 28.7. The third-order valence-electron chi connectivity index (χ3n) is 7.57. The van der Waals surface area contributed by atoms with Crippen molar-refractivity contribution >= 4 is 7.82 Å². The van der Waals surface area contributed by atoms with Gasteiger partial charge in [-0.15, -0.1) is 0 Å². The summed E-state index contributed by atoms with van der Waals surface area (Å²) < 4.78 is 15.3. The molecule has 0 aliphatic heterocycles. The van der Waals surface area contributed by atoms with Gasteiger partial charge in [-0.3, -0.25) is 0 Å². The molecule has 5 nitrogen and oxygen atoms in total. The summed E-state index contributed by atoms with van der Waals surface area (Å²) in [5.74, 6) is 1.62. The van der Waals surface area contributed by atoms with Gasteiger partial charge in [0.1, 0.15) is 0 Å². The third kappa shape index (κ3) is 38.2. The quantitative estimate of drug-likeness (QED) is 0.0650. The third-order valence-corrected chi connectivity index (χ3v) is 7.57. The van der Waals surface area contributed by atoms with Crippen LogP contribution in [0.25, 0.3) is 0 Å². The largest absolute Gasteiger partial charge is 0.466 e. The fourth-order valence-electron chi connectivity index (χ4n) is 5.17. The summed E-state index contributed by atoms with van der Waals surface area (Å²) in [5.41, 5.74) is 0. The zero-order valence-corrected chi connectivity index (χ0v) is 27.0. The van der Waals surface area contributed by atoms with Gasteiger partial charge in [0.25, 0.3) is 0 Å². The minimum Gasteiger partial charge on any atom is -0.381 e. The van der Waals surface area contributed by atoms with E-state index in [4.69, 9.17) is 24.0 Å². The summed E-state index contributed by atoms with van der Waals surface area (Å²) in [6.07, 6.45) is 33.8. The van der Waals surface area contributed by atoms with Crippen molar-refractivity contribution in [2.45, 2.75) is 182 Å². The first kappa shape index (κ1) is 40.2. The second kappa shape index (κ2) is 31.6. The highest BCUT2D eigenvalue weighted by Gasteiger charge is 2.13. The highest BCUT2D eigenvalue weighted by molar-refractivity contribution is 7.45. The number of rotatable bonds is 28. The Balaban J connectivity index is 0. The first-order valence-electron chi connectivity index (χ1n) is 16.6. The first-order valence-corrected chi connectivity index (χ1v) is 18.2. The van der Waals surface area contributed by atoms with E-state index in [1.54, 1.807) is 0 Å². The molecule has 0 aromatic heterocycles. The molecule has 0 rings (SSSR count). The van der Waals surface area contributed by atoms with Gasteiger partial charge >= 0.3 is 7.82 Å². The van der Waals surface area contributed by atoms with Crippen molar-refractivity contribution in [3.8, 4) is 0 Å². The van der Waals surface area contributed by atoms with Gasteiger partial charge in [0.05, 0.1) is 0 Å². The molecular weight excluding hydrogens is 495 g/mol. The van der Waals surface area contributed by atoms with Crippen LogP contribution in [-0.4, -0.2) is 27.9 Å². The van der Waals surface area contributed by atoms with Crippen LogP contribution in [0.2, 0.25) is 0 Å². The van der Waals surface area contributed by atoms with Crippen LogP contribution in [0, 0.1) is 11.8 Å². The number of phosphoric acid groups is 1. The Morgan fingerprint density at radius 2 is 0.658 bits per heavy atom. The molecule has 2 unspecified atom stereocenters. The van der Waals surface area contributed by atoms with Crippen LogP contribution >= 0.6 is 7.82 Å². The molecule has 0 heterocycles. The lowest BCUT2D eigenvalue weighted by atomic mass is 9.94. The highest BCUT2D eigenvalue weighted by atomic mass is 31.2. The smallest absolute Gasteiger partial charge is 0.381 e. The molecule has 0 saturated carbocycles. The Bertz CT molecular complexity index is 442. The summed E-state index contributed by atoms with van der Waals surface area (Å²) >= 11 is 0. The van der Waals surface area contributed by atoms with Crippen molar-refractivity contribution in [3.63, 3.8) is 0 Å². The SMILES string of the molecule is CCCCCCCCC(CCCCCC)COCC(CCCCCC)CCCCCCCC.O=P(O)(O)O. The predicted molar refractivity (Wildman–Crippen MR) is 166 cm³/mol. The van der Waals surface area contributed by atoms with E-state index >= 15 is 0 Å². The monoisotopic (exact) mass is 564 g/mol. The van der Waals surface area contributed by atoms with Gasteiger partial charge in [0, 0.05) is 13.2 Å². The number of hydrogen-bond donors (Lipinski definition) is 3. The Morgan fingerprint density at radius 3 is 0.921 bits per heavy atom. The van der Waals surface area contributed by atoms with Crippen LogP contribution in [0.1, 0.15) is 182 Å². The number of hydrogen-bond acceptors (Lipinski definition) is 2. The van der Waals surface area contributed by atoms with Crippen molar-refractivity contribution in [1.29, 1.82) is 0 Å². The Labute approximate surface area is 238 Å². The molecule has 0 bridgehead atoms. The topological polar surface area (TPSA) is 87.0 Å². The molecule has 38 heavy (non-hydrogen) atoms. The maximum atomic E-state index is 8.88. The summed E-state index contributed by atoms with van der Waals surface area (Å²) in [6.45, 7) is 11.3. The maximum Gasteiger partial charge on any atom is 0.466 e. The van der Waals surface area contributed by atoms with Crippen LogP contribution in [-0.2, 0) is 9.30 Å². The molecule has 0 fully saturated rings. The van der Waals surface area contributed by atoms with Crippen LogP contribution in [0.3, 0.4) is 0 Å². The highest BCUT2D eigenvalue weighted by Crippen LogP contribution is 2.26. The number of unbranched alkanes of at least 4 members (excludes halogenated alkanes) is 16. The lowest BCUT2D eigenvalue weighted by Crippen LogP contribution is -2.16. The second-order valence-electron chi connectivity index (χ2n) is 11.6. The van der Waals surface area contributed by atoms with Crippen LogP contribution < -0.4 is 0 Å². The minimum absolute atomic E-state index is 0.808. The summed E-state index contributed by atoms with van der Waals surface area (Å²) in [4.78, 5) is 21.6. The Kier molecular flexibility index (Phi) is 33.4. The maximum absolute atomic E-state index is 8.88. The molecular formula is C32H69O5P. The summed E-state index contributed by atoms with van der Waals surface area (Å²) in [6, 6.07) is 0. The van der Waals surface area contributed by atoms with Crippen molar-refractivity contribution in [1.82, 2.24) is 0 Å². The van der Waals surface area contributed by atoms with E-state index in [1.807, 2.05) is 0 Å². The fraction of sp³-hybridized carbons (Fsp3) is 1.00. The van der Waals surface area contributed by atoms with E-state index in [-0.39, 0.29) is 0 Å². The summed E-state index contributed by atoms with van der Waals surface area (Å²) in [7, 11) is -4.64. The molecule has 3 N–H and O–H groups in total. The average Bonchev–Trinajstić information content (AvgIpc) is 2.86. The van der Waals surface area contributed by atoms with E-state index in [0.717, 1.165) is 25.0 Å². The van der Waals surface area contributed by atoms with Crippen molar-refractivity contribution in [2.75, 3.05) is 13.2 Å². The van der Waals surface area contributed by atoms with E-state index in [1.165, 1.54) is 154 Å². The molecule has 6 heteroatoms. The van der Waals surface area contributed by atoms with Crippen LogP contribution in [0.4, 0.5) is 0 Å². The van der Waals surface area contributed by atoms with Crippen molar-refractivity contribution < 1.29 is 24.0 Å². The van der Waals surface area contributed by atoms with Gasteiger partial charge in [-0.1, -0.05) is 156 Å². The molecule has 0 aromatic carbocycles. The van der Waals surface area contributed by atoms with Gasteiger partial charge in [0.15, 0.2) is 0 Å².